The second-order valence-electron chi connectivity index (χ2n) is 5.50. The molecule has 0 fully saturated rings. The quantitative estimate of drug-likeness (QED) is 0.704. The first kappa shape index (κ1) is 18.2. The summed E-state index contributed by atoms with van der Waals surface area (Å²) in [5.41, 5.74) is 1.27. The predicted octanol–water partition coefficient (Wildman–Crippen LogP) is 3.18. The van der Waals surface area contributed by atoms with Gasteiger partial charge in [0.05, 0.1) is 16.7 Å². The third-order valence-corrected chi connectivity index (χ3v) is 5.12. The van der Waals surface area contributed by atoms with Crippen LogP contribution in [0.1, 0.15) is 11.3 Å². The van der Waals surface area contributed by atoms with Gasteiger partial charge >= 0.3 is 6.43 Å². The van der Waals surface area contributed by atoms with E-state index < -0.39 is 28.4 Å². The average Bonchev–Trinajstić information content (AvgIpc) is 3.03. The van der Waals surface area contributed by atoms with E-state index in [0.29, 0.717) is 11.0 Å². The van der Waals surface area contributed by atoms with Crippen LogP contribution in [0.15, 0.2) is 41.7 Å². The zero-order valence-electron chi connectivity index (χ0n) is 13.5. The molecule has 138 valence electrons. The van der Waals surface area contributed by atoms with E-state index in [4.69, 9.17) is 0 Å². The van der Waals surface area contributed by atoms with Crippen molar-refractivity contribution < 1.29 is 26.3 Å². The van der Waals surface area contributed by atoms with Crippen molar-refractivity contribution in [3.05, 3.63) is 47.8 Å². The first-order valence-electron chi connectivity index (χ1n) is 7.49. The minimum atomic E-state index is -3.89. The number of nitrogens with zero attached hydrogens (tertiary/aromatic N) is 2. The van der Waals surface area contributed by atoms with Crippen molar-refractivity contribution in [1.29, 1.82) is 0 Å². The standard InChI is InChI=1S/C16H14F3N3O3S/c1-9-12(20-7-6-13(9)25-15(19)14(17)18)8-26(23,24)16-21-10-4-2-3-5-11(10)22-16/h2-7,14-15H,8H2,1H3,(H,21,22). The third-order valence-electron chi connectivity index (χ3n) is 3.69. The highest BCUT2D eigenvalue weighted by atomic mass is 32.2. The molecule has 26 heavy (non-hydrogen) atoms. The number of benzene rings is 1. The Morgan fingerprint density at radius 1 is 1.19 bits per heavy atom. The van der Waals surface area contributed by atoms with Crippen molar-refractivity contribution in [3.63, 3.8) is 0 Å². The number of sulfone groups is 1. The largest absolute Gasteiger partial charge is 0.454 e. The molecule has 1 N–H and O–H groups in total. The summed E-state index contributed by atoms with van der Waals surface area (Å²) in [7, 11) is -3.89. The summed E-state index contributed by atoms with van der Waals surface area (Å²) < 4.78 is 67.5. The van der Waals surface area contributed by atoms with Crippen molar-refractivity contribution >= 4 is 20.9 Å². The number of aromatic amines is 1. The van der Waals surface area contributed by atoms with Crippen LogP contribution >= 0.6 is 0 Å². The Labute approximate surface area is 147 Å². The lowest BCUT2D eigenvalue weighted by Gasteiger charge is -2.14. The molecule has 0 aliphatic heterocycles. The maximum atomic E-state index is 13.1. The summed E-state index contributed by atoms with van der Waals surface area (Å²) in [6, 6.07) is 8.00. The van der Waals surface area contributed by atoms with Gasteiger partial charge < -0.3 is 9.72 Å². The third kappa shape index (κ3) is 3.64. The van der Waals surface area contributed by atoms with E-state index in [0.717, 1.165) is 0 Å². The number of fused-ring (bicyclic) bond motifs is 1. The average molecular weight is 385 g/mol. The Balaban J connectivity index is 1.90. The summed E-state index contributed by atoms with van der Waals surface area (Å²) >= 11 is 0. The molecule has 0 radical (unpaired) electrons. The first-order valence-corrected chi connectivity index (χ1v) is 9.14. The molecule has 0 saturated carbocycles. The van der Waals surface area contributed by atoms with Gasteiger partial charge in [0, 0.05) is 11.8 Å². The van der Waals surface area contributed by atoms with Crippen molar-refractivity contribution in [1.82, 2.24) is 15.0 Å². The molecule has 3 rings (SSSR count). The lowest BCUT2D eigenvalue weighted by molar-refractivity contribution is -0.0672. The molecule has 0 spiro atoms. The van der Waals surface area contributed by atoms with E-state index in [1.165, 1.54) is 19.2 Å². The van der Waals surface area contributed by atoms with E-state index in [1.54, 1.807) is 24.3 Å². The van der Waals surface area contributed by atoms with Gasteiger partial charge in [-0.2, -0.15) is 4.39 Å². The van der Waals surface area contributed by atoms with Crippen molar-refractivity contribution in [3.8, 4) is 5.75 Å². The van der Waals surface area contributed by atoms with Gasteiger partial charge in [0.25, 0.3) is 6.36 Å². The SMILES string of the molecule is Cc1c(OC(F)C(F)F)ccnc1CS(=O)(=O)c1nc2ccccc2[nH]1. The number of pyridine rings is 1. The smallest absolute Gasteiger partial charge is 0.304 e. The molecule has 0 aliphatic rings. The van der Waals surface area contributed by atoms with Crippen LogP contribution in [0, 0.1) is 6.92 Å². The van der Waals surface area contributed by atoms with Gasteiger partial charge in [-0.05, 0) is 25.1 Å². The molecule has 0 aliphatic carbocycles. The zero-order chi connectivity index (χ0) is 18.9. The van der Waals surface area contributed by atoms with Gasteiger partial charge in [-0.1, -0.05) is 12.1 Å². The summed E-state index contributed by atoms with van der Waals surface area (Å²) in [6.07, 6.45) is -4.95. The van der Waals surface area contributed by atoms with Crippen LogP contribution in [-0.4, -0.2) is 36.2 Å². The Bertz CT molecular complexity index is 1000. The van der Waals surface area contributed by atoms with Crippen LogP contribution in [0.2, 0.25) is 0 Å². The summed E-state index contributed by atoms with van der Waals surface area (Å²) in [5.74, 6) is -0.732. The molecule has 2 heterocycles. The number of rotatable bonds is 6. The van der Waals surface area contributed by atoms with Gasteiger partial charge in [0.1, 0.15) is 11.5 Å². The number of para-hydroxylation sites is 2. The number of nitrogens with one attached hydrogen (secondary N) is 1. The fourth-order valence-electron chi connectivity index (χ4n) is 2.33. The van der Waals surface area contributed by atoms with Crippen LogP contribution < -0.4 is 4.74 Å². The Morgan fingerprint density at radius 2 is 1.92 bits per heavy atom. The van der Waals surface area contributed by atoms with E-state index in [-0.39, 0.29) is 22.2 Å². The molecule has 0 bridgehead atoms. The highest BCUT2D eigenvalue weighted by Gasteiger charge is 2.25. The van der Waals surface area contributed by atoms with Crippen LogP contribution in [0.3, 0.4) is 0 Å². The molecule has 10 heteroatoms. The number of aromatic nitrogens is 3. The van der Waals surface area contributed by atoms with Gasteiger partial charge in [0.15, 0.2) is 0 Å². The first-order chi connectivity index (χ1) is 12.3. The minimum Gasteiger partial charge on any atom is -0.454 e. The zero-order valence-corrected chi connectivity index (χ0v) is 14.3. The number of alkyl halides is 3. The van der Waals surface area contributed by atoms with Crippen LogP contribution in [-0.2, 0) is 15.6 Å². The van der Waals surface area contributed by atoms with Gasteiger partial charge in [-0.15, -0.1) is 0 Å². The number of hydrogen-bond donors (Lipinski definition) is 1. The molecular formula is C16H14F3N3O3S. The van der Waals surface area contributed by atoms with E-state index in [1.807, 2.05) is 0 Å². The summed E-state index contributed by atoms with van der Waals surface area (Å²) in [4.78, 5) is 10.7. The molecule has 6 nitrogen and oxygen atoms in total. The molecule has 3 aromatic rings. The molecule has 1 unspecified atom stereocenters. The van der Waals surface area contributed by atoms with Crippen molar-refractivity contribution in [2.24, 2.45) is 0 Å². The number of imidazole rings is 1. The van der Waals surface area contributed by atoms with Crippen LogP contribution in [0.5, 0.6) is 5.75 Å². The highest BCUT2D eigenvalue weighted by Crippen LogP contribution is 2.25. The highest BCUT2D eigenvalue weighted by molar-refractivity contribution is 7.90. The minimum absolute atomic E-state index is 0.0597. The molecule has 1 aromatic carbocycles. The number of H-pyrrole nitrogens is 1. The van der Waals surface area contributed by atoms with E-state index >= 15 is 0 Å². The molecule has 0 saturated heterocycles. The maximum absolute atomic E-state index is 13.1. The van der Waals surface area contributed by atoms with Crippen LogP contribution in [0.4, 0.5) is 13.2 Å². The number of halogens is 3. The lowest BCUT2D eigenvalue weighted by Crippen LogP contribution is -2.20. The lowest BCUT2D eigenvalue weighted by atomic mass is 10.2. The monoisotopic (exact) mass is 385 g/mol. The fourth-order valence-corrected chi connectivity index (χ4v) is 3.62. The van der Waals surface area contributed by atoms with Gasteiger partial charge in [0.2, 0.25) is 15.0 Å². The van der Waals surface area contributed by atoms with Crippen molar-refractivity contribution in [2.75, 3.05) is 0 Å². The van der Waals surface area contributed by atoms with E-state index in [9.17, 15) is 21.6 Å². The van der Waals surface area contributed by atoms with Crippen LogP contribution in [0.25, 0.3) is 11.0 Å². The van der Waals surface area contributed by atoms with Crippen molar-refractivity contribution in [2.45, 2.75) is 30.6 Å². The summed E-state index contributed by atoms with van der Waals surface area (Å²) in [5, 5.41) is -0.234. The normalized spacial score (nSPS) is 13.3. The Hall–Kier alpha value is -2.62. The molecule has 1 atom stereocenters. The molecule has 0 amide bonds. The number of ether oxygens (including phenoxy) is 1. The van der Waals surface area contributed by atoms with Gasteiger partial charge in [-0.3, -0.25) is 4.98 Å². The van der Waals surface area contributed by atoms with E-state index in [2.05, 4.69) is 19.7 Å². The second kappa shape index (κ2) is 6.94. The number of hydrogen-bond acceptors (Lipinski definition) is 5. The topological polar surface area (TPSA) is 84.9 Å². The predicted molar refractivity (Wildman–Crippen MR) is 87.5 cm³/mol. The van der Waals surface area contributed by atoms with Gasteiger partial charge in [-0.25, -0.2) is 22.2 Å². The Kier molecular flexibility index (Phi) is 4.86. The Morgan fingerprint density at radius 3 is 2.62 bits per heavy atom. The second-order valence-corrected chi connectivity index (χ2v) is 7.41. The molecule has 2 aromatic heterocycles. The summed E-state index contributed by atoms with van der Waals surface area (Å²) in [6.45, 7) is 1.42. The molecular weight excluding hydrogens is 371 g/mol. The maximum Gasteiger partial charge on any atom is 0.304 e. The fraction of sp³-hybridized carbons (Fsp3) is 0.250.